The molecule has 0 aromatic heterocycles. The van der Waals surface area contributed by atoms with Crippen molar-refractivity contribution < 1.29 is 17.7 Å². The van der Waals surface area contributed by atoms with E-state index >= 15 is 0 Å². The molecule has 0 bridgehead atoms. The summed E-state index contributed by atoms with van der Waals surface area (Å²) in [6.45, 7) is 4.05. The van der Waals surface area contributed by atoms with Crippen LogP contribution in [0, 0.1) is 0 Å². The Morgan fingerprint density at radius 3 is 2.93 bits per heavy atom. The monoisotopic (exact) mass is 238 g/mol. The Morgan fingerprint density at radius 1 is 1.60 bits per heavy atom. The lowest BCUT2D eigenvalue weighted by Crippen LogP contribution is -2.54. The zero-order valence-corrected chi connectivity index (χ0v) is 9.66. The predicted octanol–water partition coefficient (Wildman–Crippen LogP) is -1.42. The molecule has 1 aliphatic heterocycles. The first kappa shape index (κ1) is 12.9. The number of hydrogen-bond acceptors (Lipinski definition) is 6. The van der Waals surface area contributed by atoms with E-state index in [1.807, 2.05) is 4.90 Å². The summed E-state index contributed by atoms with van der Waals surface area (Å²) in [5.74, 6) is 0. The fourth-order valence-electron chi connectivity index (χ4n) is 1.56. The summed E-state index contributed by atoms with van der Waals surface area (Å²) in [7, 11) is -3.52. The van der Waals surface area contributed by atoms with E-state index in [-0.39, 0.29) is 13.2 Å². The molecule has 0 aromatic rings. The van der Waals surface area contributed by atoms with Crippen molar-refractivity contribution in [2.24, 2.45) is 0 Å². The summed E-state index contributed by atoms with van der Waals surface area (Å²) in [5.41, 5.74) is 0. The summed E-state index contributed by atoms with van der Waals surface area (Å²) >= 11 is 0. The quantitative estimate of drug-likeness (QED) is 0.572. The van der Waals surface area contributed by atoms with Gasteiger partial charge in [-0.05, 0) is 6.92 Å². The molecule has 6 nitrogen and oxygen atoms in total. The van der Waals surface area contributed by atoms with Gasteiger partial charge in [0.1, 0.15) is 5.37 Å². The van der Waals surface area contributed by atoms with Crippen LogP contribution in [-0.2, 0) is 14.3 Å². The van der Waals surface area contributed by atoms with Gasteiger partial charge in [0.25, 0.3) is 10.1 Å². The highest BCUT2D eigenvalue weighted by atomic mass is 32.2. The number of rotatable bonds is 5. The van der Waals surface area contributed by atoms with Gasteiger partial charge in [-0.2, -0.15) is 8.42 Å². The average Bonchev–Trinajstić information content (AvgIpc) is 2.19. The first-order valence-electron chi connectivity index (χ1n) is 5.05. The lowest BCUT2D eigenvalue weighted by molar-refractivity contribution is 0.168. The smallest absolute Gasteiger partial charge is 0.284 e. The van der Waals surface area contributed by atoms with Crippen LogP contribution >= 0.6 is 0 Å². The van der Waals surface area contributed by atoms with Crippen LogP contribution in [0.25, 0.3) is 0 Å². The second-order valence-corrected chi connectivity index (χ2v) is 5.16. The van der Waals surface area contributed by atoms with Crippen molar-refractivity contribution in [2.45, 2.75) is 12.3 Å². The van der Waals surface area contributed by atoms with E-state index < -0.39 is 15.5 Å². The van der Waals surface area contributed by atoms with E-state index in [2.05, 4.69) is 5.32 Å². The van der Waals surface area contributed by atoms with Crippen LogP contribution < -0.4 is 5.32 Å². The molecule has 1 aliphatic rings. The van der Waals surface area contributed by atoms with Gasteiger partial charge in [0.05, 0.1) is 13.2 Å². The summed E-state index contributed by atoms with van der Waals surface area (Å²) < 4.78 is 27.8. The van der Waals surface area contributed by atoms with Crippen LogP contribution in [0.3, 0.4) is 0 Å². The van der Waals surface area contributed by atoms with Crippen LogP contribution in [0.4, 0.5) is 0 Å². The number of hydrogen-bond donors (Lipinski definition) is 2. The summed E-state index contributed by atoms with van der Waals surface area (Å²) in [5, 5.41) is 11.0. The Bertz CT molecular complexity index is 278. The maximum Gasteiger partial charge on any atom is 0.284 e. The molecule has 15 heavy (non-hydrogen) atoms. The molecule has 0 spiro atoms. The predicted molar refractivity (Wildman–Crippen MR) is 55.9 cm³/mol. The molecule has 0 amide bonds. The van der Waals surface area contributed by atoms with Gasteiger partial charge in [0.15, 0.2) is 0 Å². The molecule has 0 radical (unpaired) electrons. The number of nitrogens with one attached hydrogen (secondary N) is 1. The van der Waals surface area contributed by atoms with Gasteiger partial charge < -0.3 is 5.11 Å². The normalized spacial score (nSPS) is 24.3. The molecule has 0 saturated carbocycles. The molecule has 0 aromatic carbocycles. The highest BCUT2D eigenvalue weighted by molar-refractivity contribution is 7.87. The third kappa shape index (κ3) is 3.69. The van der Waals surface area contributed by atoms with E-state index in [1.54, 1.807) is 6.92 Å². The number of aliphatic hydroxyl groups excluding tert-OH is 1. The van der Waals surface area contributed by atoms with Crippen LogP contribution in [0.1, 0.15) is 6.92 Å². The minimum Gasteiger partial charge on any atom is -0.395 e. The Labute approximate surface area is 90.3 Å². The molecule has 1 unspecified atom stereocenters. The van der Waals surface area contributed by atoms with Crippen LogP contribution in [-0.4, -0.2) is 63.2 Å². The maximum absolute atomic E-state index is 11.6. The van der Waals surface area contributed by atoms with Gasteiger partial charge in [0, 0.05) is 26.2 Å². The molecule has 2 N–H and O–H groups in total. The summed E-state index contributed by atoms with van der Waals surface area (Å²) in [4.78, 5) is 1.90. The topological polar surface area (TPSA) is 78.9 Å². The first-order chi connectivity index (χ1) is 7.10. The Hall–Kier alpha value is -0.210. The first-order valence-corrected chi connectivity index (χ1v) is 6.52. The number of piperazine rings is 1. The second kappa shape index (κ2) is 5.76. The lowest BCUT2D eigenvalue weighted by Gasteiger charge is -2.32. The number of β-amino-alcohol motifs (C(OH)–C–C–N with tert-alkyl or cyclic N) is 1. The third-order valence-electron chi connectivity index (χ3n) is 2.27. The van der Waals surface area contributed by atoms with E-state index in [4.69, 9.17) is 9.29 Å². The minimum atomic E-state index is -3.52. The zero-order valence-electron chi connectivity index (χ0n) is 8.85. The van der Waals surface area contributed by atoms with E-state index in [9.17, 15) is 8.42 Å². The molecule has 1 atom stereocenters. The van der Waals surface area contributed by atoms with Crippen molar-refractivity contribution in [2.75, 3.05) is 39.4 Å². The molecule has 1 heterocycles. The Kier molecular flexibility index (Phi) is 4.94. The van der Waals surface area contributed by atoms with Crippen molar-refractivity contribution in [3.05, 3.63) is 0 Å². The van der Waals surface area contributed by atoms with Crippen molar-refractivity contribution in [3.8, 4) is 0 Å². The van der Waals surface area contributed by atoms with Crippen molar-refractivity contribution >= 4 is 10.1 Å². The fourth-order valence-corrected chi connectivity index (χ4v) is 2.77. The van der Waals surface area contributed by atoms with E-state index in [0.29, 0.717) is 19.6 Å². The van der Waals surface area contributed by atoms with Gasteiger partial charge >= 0.3 is 0 Å². The molecule has 0 aliphatic carbocycles. The summed E-state index contributed by atoms with van der Waals surface area (Å²) in [6, 6.07) is 0. The average molecular weight is 238 g/mol. The van der Waals surface area contributed by atoms with E-state index in [0.717, 1.165) is 6.54 Å². The second-order valence-electron chi connectivity index (χ2n) is 3.37. The lowest BCUT2D eigenvalue weighted by atomic mass is 10.3. The Morgan fingerprint density at radius 2 is 2.33 bits per heavy atom. The minimum absolute atomic E-state index is 0.0431. The number of nitrogens with zero attached hydrogens (tertiary/aromatic N) is 1. The van der Waals surface area contributed by atoms with Gasteiger partial charge in [0.2, 0.25) is 0 Å². The van der Waals surface area contributed by atoms with Crippen molar-refractivity contribution in [1.82, 2.24) is 10.2 Å². The number of aliphatic hydroxyl groups is 1. The molecular formula is C8H18N2O4S. The molecule has 1 saturated heterocycles. The zero-order chi connectivity index (χ0) is 11.3. The highest BCUT2D eigenvalue weighted by Crippen LogP contribution is 2.07. The summed E-state index contributed by atoms with van der Waals surface area (Å²) in [6.07, 6.45) is 0. The fraction of sp³-hybridized carbons (Fsp3) is 1.00. The molecule has 90 valence electrons. The van der Waals surface area contributed by atoms with Crippen molar-refractivity contribution in [1.29, 1.82) is 0 Å². The van der Waals surface area contributed by atoms with Crippen LogP contribution in [0.2, 0.25) is 0 Å². The molecule has 1 rings (SSSR count). The third-order valence-corrected chi connectivity index (χ3v) is 3.85. The SMILES string of the molecule is CCOS(=O)(=O)C1CN(CCO)CCN1. The standard InChI is InChI=1S/C8H18N2O4S/c1-2-14-15(12,13)8-7-10(5-6-11)4-3-9-8/h8-9,11H,2-7H2,1H3. The van der Waals surface area contributed by atoms with Gasteiger partial charge in [-0.25, -0.2) is 0 Å². The molecular weight excluding hydrogens is 220 g/mol. The van der Waals surface area contributed by atoms with Gasteiger partial charge in [-0.1, -0.05) is 0 Å². The van der Waals surface area contributed by atoms with Crippen molar-refractivity contribution in [3.63, 3.8) is 0 Å². The largest absolute Gasteiger partial charge is 0.395 e. The highest BCUT2D eigenvalue weighted by Gasteiger charge is 2.30. The van der Waals surface area contributed by atoms with Crippen LogP contribution in [0.15, 0.2) is 0 Å². The van der Waals surface area contributed by atoms with Gasteiger partial charge in [-0.15, -0.1) is 0 Å². The maximum atomic E-state index is 11.6. The molecule has 1 fully saturated rings. The van der Waals surface area contributed by atoms with Gasteiger partial charge in [-0.3, -0.25) is 14.4 Å². The molecule has 7 heteroatoms. The Balaban J connectivity index is 2.55. The van der Waals surface area contributed by atoms with Crippen LogP contribution in [0.5, 0.6) is 0 Å². The van der Waals surface area contributed by atoms with E-state index in [1.165, 1.54) is 0 Å².